The number of carbonyl (C=O) groups excluding carboxylic acids is 1. The average molecular weight is 405 g/mol. The van der Waals surface area contributed by atoms with Crippen LogP contribution in [-0.2, 0) is 17.6 Å². The zero-order valence-corrected chi connectivity index (χ0v) is 17.6. The van der Waals surface area contributed by atoms with Crippen LogP contribution in [0.4, 0.5) is 0 Å². The molecule has 0 unspecified atom stereocenters. The second kappa shape index (κ2) is 10.3. The third-order valence-electron chi connectivity index (χ3n) is 4.90. The Labute approximate surface area is 177 Å². The molecule has 0 saturated carbocycles. The molecule has 1 amide bonds. The Hall–Kier alpha value is -3.47. The summed E-state index contributed by atoms with van der Waals surface area (Å²) in [5.74, 6) is 2.06. The summed E-state index contributed by atoms with van der Waals surface area (Å²) in [4.78, 5) is 12.3. The highest BCUT2D eigenvalue weighted by Crippen LogP contribution is 2.31. The monoisotopic (exact) mass is 405 g/mol. The maximum absolute atomic E-state index is 12.3. The van der Waals surface area contributed by atoms with E-state index in [-0.39, 0.29) is 12.3 Å². The van der Waals surface area contributed by atoms with Crippen molar-refractivity contribution in [2.45, 2.75) is 12.8 Å². The van der Waals surface area contributed by atoms with Gasteiger partial charge in [-0.05, 0) is 41.3 Å². The quantitative estimate of drug-likeness (QED) is 0.577. The summed E-state index contributed by atoms with van der Waals surface area (Å²) < 4.78 is 16.1. The number of methoxy groups -OCH3 is 3. The van der Waals surface area contributed by atoms with E-state index in [9.17, 15) is 4.79 Å². The first-order chi connectivity index (χ1) is 14.6. The number of rotatable bonds is 9. The van der Waals surface area contributed by atoms with Crippen molar-refractivity contribution >= 4 is 5.91 Å². The number of ether oxygens (including phenoxy) is 3. The van der Waals surface area contributed by atoms with E-state index in [0.29, 0.717) is 18.0 Å². The fourth-order valence-corrected chi connectivity index (χ4v) is 3.33. The van der Waals surface area contributed by atoms with E-state index in [1.165, 1.54) is 0 Å². The van der Waals surface area contributed by atoms with Gasteiger partial charge in [-0.2, -0.15) is 0 Å². The minimum absolute atomic E-state index is 0.0323. The highest BCUT2D eigenvalue weighted by Gasteiger charge is 2.10. The van der Waals surface area contributed by atoms with E-state index in [1.807, 2.05) is 42.5 Å². The molecule has 0 spiro atoms. The maximum Gasteiger partial charge on any atom is 0.224 e. The van der Waals surface area contributed by atoms with Crippen molar-refractivity contribution in [1.82, 2.24) is 5.32 Å². The molecule has 3 aromatic rings. The third kappa shape index (κ3) is 5.32. The van der Waals surface area contributed by atoms with Gasteiger partial charge in [0.25, 0.3) is 0 Å². The molecule has 1 N–H and O–H groups in total. The van der Waals surface area contributed by atoms with Crippen LogP contribution in [0.1, 0.15) is 11.1 Å². The molecule has 0 aliphatic rings. The lowest BCUT2D eigenvalue weighted by molar-refractivity contribution is -0.120. The van der Waals surface area contributed by atoms with Gasteiger partial charge in [0.05, 0.1) is 27.8 Å². The van der Waals surface area contributed by atoms with Crippen LogP contribution in [0.3, 0.4) is 0 Å². The zero-order valence-electron chi connectivity index (χ0n) is 17.6. The standard InChI is InChI=1S/C25H27NO4/c1-28-22-12-10-19(16-24(22)30-3)17-25(27)26-14-13-18-9-11-21(23(15-18)29-2)20-7-5-4-6-8-20/h4-12,15-16H,13-14,17H2,1-3H3,(H,26,27). The largest absolute Gasteiger partial charge is 0.496 e. The van der Waals surface area contributed by atoms with Crippen LogP contribution in [0, 0.1) is 0 Å². The molecule has 30 heavy (non-hydrogen) atoms. The van der Waals surface area contributed by atoms with Gasteiger partial charge in [0.2, 0.25) is 5.91 Å². The number of nitrogens with one attached hydrogen (secondary N) is 1. The molecular formula is C25H27NO4. The lowest BCUT2D eigenvalue weighted by atomic mass is 10.0. The molecule has 156 valence electrons. The first kappa shape index (κ1) is 21.2. The minimum Gasteiger partial charge on any atom is -0.496 e. The SMILES string of the molecule is COc1ccc(CC(=O)NCCc2ccc(-c3ccccc3)c(OC)c2)cc1OC. The van der Waals surface area contributed by atoms with E-state index in [1.54, 1.807) is 21.3 Å². The zero-order chi connectivity index (χ0) is 21.3. The number of amides is 1. The van der Waals surface area contributed by atoms with Crippen LogP contribution >= 0.6 is 0 Å². The summed E-state index contributed by atoms with van der Waals surface area (Å²) in [5.41, 5.74) is 4.15. The summed E-state index contributed by atoms with van der Waals surface area (Å²) >= 11 is 0. The summed E-state index contributed by atoms with van der Waals surface area (Å²) in [6.45, 7) is 0.556. The van der Waals surface area contributed by atoms with Gasteiger partial charge in [0.15, 0.2) is 11.5 Å². The Bertz CT molecular complexity index is 986. The third-order valence-corrected chi connectivity index (χ3v) is 4.90. The van der Waals surface area contributed by atoms with Crippen molar-refractivity contribution in [3.8, 4) is 28.4 Å². The molecule has 0 aliphatic heterocycles. The predicted octanol–water partition coefficient (Wildman–Crippen LogP) is 4.28. The van der Waals surface area contributed by atoms with Crippen molar-refractivity contribution in [3.05, 3.63) is 77.9 Å². The Kier molecular flexibility index (Phi) is 7.33. The van der Waals surface area contributed by atoms with Gasteiger partial charge in [0.1, 0.15) is 5.75 Å². The van der Waals surface area contributed by atoms with E-state index >= 15 is 0 Å². The molecule has 0 heterocycles. The van der Waals surface area contributed by atoms with Gasteiger partial charge in [-0.3, -0.25) is 4.79 Å². The molecule has 3 aromatic carbocycles. The van der Waals surface area contributed by atoms with Crippen molar-refractivity contribution in [3.63, 3.8) is 0 Å². The second-order valence-corrected chi connectivity index (χ2v) is 6.87. The van der Waals surface area contributed by atoms with Crippen LogP contribution in [0.2, 0.25) is 0 Å². The summed E-state index contributed by atoms with van der Waals surface area (Å²) in [6.07, 6.45) is 1.01. The molecule has 5 heteroatoms. The Morgan fingerprint density at radius 2 is 1.43 bits per heavy atom. The van der Waals surface area contributed by atoms with Crippen LogP contribution in [0.5, 0.6) is 17.2 Å². The lowest BCUT2D eigenvalue weighted by Crippen LogP contribution is -2.27. The van der Waals surface area contributed by atoms with Crippen molar-refractivity contribution in [2.75, 3.05) is 27.9 Å². The smallest absolute Gasteiger partial charge is 0.224 e. The Morgan fingerprint density at radius 1 is 0.767 bits per heavy atom. The van der Waals surface area contributed by atoms with Gasteiger partial charge < -0.3 is 19.5 Å². The van der Waals surface area contributed by atoms with Crippen molar-refractivity contribution in [2.24, 2.45) is 0 Å². The molecule has 5 nitrogen and oxygen atoms in total. The predicted molar refractivity (Wildman–Crippen MR) is 118 cm³/mol. The summed E-state index contributed by atoms with van der Waals surface area (Å²) in [5, 5.41) is 2.98. The number of carbonyl (C=O) groups is 1. The lowest BCUT2D eigenvalue weighted by Gasteiger charge is -2.12. The minimum atomic E-state index is -0.0323. The molecule has 0 saturated heterocycles. The fraction of sp³-hybridized carbons (Fsp3) is 0.240. The summed E-state index contributed by atoms with van der Waals surface area (Å²) in [6, 6.07) is 21.8. The van der Waals surface area contributed by atoms with Crippen molar-refractivity contribution in [1.29, 1.82) is 0 Å². The van der Waals surface area contributed by atoms with Crippen LogP contribution in [0.25, 0.3) is 11.1 Å². The topological polar surface area (TPSA) is 56.8 Å². The van der Waals surface area contributed by atoms with E-state index < -0.39 is 0 Å². The highest BCUT2D eigenvalue weighted by atomic mass is 16.5. The molecule has 0 aliphatic carbocycles. The number of hydrogen-bond acceptors (Lipinski definition) is 4. The van der Waals surface area contributed by atoms with E-state index in [0.717, 1.165) is 34.4 Å². The number of hydrogen-bond donors (Lipinski definition) is 1. The molecule has 3 rings (SSSR count). The van der Waals surface area contributed by atoms with Crippen LogP contribution in [0.15, 0.2) is 66.7 Å². The Balaban J connectivity index is 1.56. The molecule has 0 aromatic heterocycles. The molecular weight excluding hydrogens is 378 g/mol. The van der Waals surface area contributed by atoms with Crippen LogP contribution < -0.4 is 19.5 Å². The van der Waals surface area contributed by atoms with Crippen molar-refractivity contribution < 1.29 is 19.0 Å². The molecule has 0 radical (unpaired) electrons. The normalized spacial score (nSPS) is 10.4. The van der Waals surface area contributed by atoms with Crippen LogP contribution in [-0.4, -0.2) is 33.8 Å². The molecule has 0 fully saturated rings. The van der Waals surface area contributed by atoms with Gasteiger partial charge in [-0.15, -0.1) is 0 Å². The molecule has 0 atom stereocenters. The summed E-state index contributed by atoms with van der Waals surface area (Å²) in [7, 11) is 4.85. The van der Waals surface area contributed by atoms with E-state index in [4.69, 9.17) is 14.2 Å². The molecule has 0 bridgehead atoms. The second-order valence-electron chi connectivity index (χ2n) is 6.87. The highest BCUT2D eigenvalue weighted by molar-refractivity contribution is 5.78. The van der Waals surface area contributed by atoms with Gasteiger partial charge in [-0.25, -0.2) is 0 Å². The maximum atomic E-state index is 12.3. The van der Waals surface area contributed by atoms with Gasteiger partial charge in [0, 0.05) is 12.1 Å². The average Bonchev–Trinajstić information content (AvgIpc) is 2.79. The fourth-order valence-electron chi connectivity index (χ4n) is 3.33. The Morgan fingerprint density at radius 3 is 2.13 bits per heavy atom. The first-order valence-electron chi connectivity index (χ1n) is 9.84. The van der Waals surface area contributed by atoms with Gasteiger partial charge >= 0.3 is 0 Å². The van der Waals surface area contributed by atoms with Gasteiger partial charge in [-0.1, -0.05) is 48.5 Å². The number of benzene rings is 3. The first-order valence-corrected chi connectivity index (χ1v) is 9.84. The van der Waals surface area contributed by atoms with E-state index in [2.05, 4.69) is 29.6 Å².